The second-order valence-electron chi connectivity index (χ2n) is 5.07. The highest BCUT2D eigenvalue weighted by atomic mass is 16.1. The number of aromatic nitrogens is 4. The molecule has 2 aromatic rings. The van der Waals surface area contributed by atoms with Crippen molar-refractivity contribution in [2.45, 2.75) is 45.6 Å². The quantitative estimate of drug-likeness (QED) is 0.887. The van der Waals surface area contributed by atoms with Crippen LogP contribution in [-0.4, -0.2) is 31.5 Å². The highest BCUT2D eigenvalue weighted by Gasteiger charge is 2.23. The third kappa shape index (κ3) is 2.43. The van der Waals surface area contributed by atoms with Crippen molar-refractivity contribution in [3.05, 3.63) is 23.3 Å². The number of hydrogen-bond acceptors (Lipinski definition) is 4. The van der Waals surface area contributed by atoms with Gasteiger partial charge in [0.2, 0.25) is 5.91 Å². The molecule has 19 heavy (non-hydrogen) atoms. The van der Waals surface area contributed by atoms with Crippen LogP contribution in [0.4, 0.5) is 0 Å². The average Bonchev–Trinajstić information content (AvgIpc) is 3.04. The third-order valence-corrected chi connectivity index (χ3v) is 3.53. The van der Waals surface area contributed by atoms with Gasteiger partial charge in [0.1, 0.15) is 6.33 Å². The molecule has 100 valence electrons. The smallest absolute Gasteiger partial charge is 0.252 e. The maximum atomic E-state index is 11.7. The second-order valence-corrected chi connectivity index (χ2v) is 5.07. The van der Waals surface area contributed by atoms with Gasteiger partial charge < -0.3 is 5.32 Å². The van der Waals surface area contributed by atoms with E-state index in [0.29, 0.717) is 24.7 Å². The predicted molar refractivity (Wildman–Crippen MR) is 69.7 cm³/mol. The van der Waals surface area contributed by atoms with E-state index in [1.807, 2.05) is 13.8 Å². The van der Waals surface area contributed by atoms with Gasteiger partial charge in [0.05, 0.1) is 0 Å². The van der Waals surface area contributed by atoms with Gasteiger partial charge in [0.25, 0.3) is 5.78 Å². The number of rotatable bonds is 4. The van der Waals surface area contributed by atoms with Crippen LogP contribution >= 0.6 is 0 Å². The van der Waals surface area contributed by atoms with Crippen LogP contribution in [0.1, 0.15) is 36.2 Å². The zero-order valence-electron chi connectivity index (χ0n) is 11.2. The Labute approximate surface area is 111 Å². The van der Waals surface area contributed by atoms with Crippen molar-refractivity contribution in [2.24, 2.45) is 0 Å². The van der Waals surface area contributed by atoms with Gasteiger partial charge in [-0.2, -0.15) is 10.1 Å². The molecule has 0 aromatic carbocycles. The van der Waals surface area contributed by atoms with Gasteiger partial charge >= 0.3 is 0 Å². The predicted octanol–water partition coefficient (Wildman–Crippen LogP) is 0.952. The molecular formula is C13H17N5O. The number of nitrogens with zero attached hydrogens (tertiary/aromatic N) is 4. The minimum atomic E-state index is 0.125. The minimum absolute atomic E-state index is 0.125. The Hall–Kier alpha value is -1.98. The Morgan fingerprint density at radius 3 is 3.00 bits per heavy atom. The topological polar surface area (TPSA) is 72.2 Å². The monoisotopic (exact) mass is 259 g/mol. The molecule has 1 fully saturated rings. The van der Waals surface area contributed by atoms with Crippen molar-refractivity contribution in [3.8, 4) is 0 Å². The fraction of sp³-hybridized carbons (Fsp3) is 0.538. The Bertz CT molecular complexity index is 629. The Morgan fingerprint density at radius 2 is 2.26 bits per heavy atom. The van der Waals surface area contributed by atoms with E-state index in [-0.39, 0.29) is 5.91 Å². The molecule has 0 unspecified atom stereocenters. The van der Waals surface area contributed by atoms with Gasteiger partial charge in [-0.15, -0.1) is 0 Å². The molecule has 0 saturated heterocycles. The van der Waals surface area contributed by atoms with Crippen molar-refractivity contribution >= 4 is 11.7 Å². The summed E-state index contributed by atoms with van der Waals surface area (Å²) in [5.41, 5.74) is 3.03. The number of aryl methyl sites for hydroxylation is 2. The van der Waals surface area contributed by atoms with Crippen LogP contribution in [0, 0.1) is 13.8 Å². The van der Waals surface area contributed by atoms with Crippen molar-refractivity contribution in [1.82, 2.24) is 24.9 Å². The molecule has 0 radical (unpaired) electrons. The lowest BCUT2D eigenvalue weighted by Gasteiger charge is -2.10. The summed E-state index contributed by atoms with van der Waals surface area (Å²) in [6, 6.07) is 0.422. The van der Waals surface area contributed by atoms with Crippen LogP contribution in [0.3, 0.4) is 0 Å². The summed E-state index contributed by atoms with van der Waals surface area (Å²) in [6.07, 6.45) is 4.93. The zero-order chi connectivity index (χ0) is 13.4. The van der Waals surface area contributed by atoms with E-state index in [1.54, 1.807) is 4.52 Å². The maximum absolute atomic E-state index is 11.7. The number of nitrogens with one attached hydrogen (secondary N) is 1. The zero-order valence-corrected chi connectivity index (χ0v) is 11.2. The molecule has 0 spiro atoms. The highest BCUT2D eigenvalue weighted by Crippen LogP contribution is 2.19. The van der Waals surface area contributed by atoms with E-state index in [1.165, 1.54) is 6.33 Å². The first kappa shape index (κ1) is 12.1. The molecule has 0 atom stereocenters. The van der Waals surface area contributed by atoms with Crippen LogP contribution in [0.25, 0.3) is 5.78 Å². The van der Waals surface area contributed by atoms with Crippen molar-refractivity contribution < 1.29 is 4.79 Å². The molecule has 1 saturated carbocycles. The maximum Gasteiger partial charge on any atom is 0.252 e. The first-order valence-electron chi connectivity index (χ1n) is 6.60. The van der Waals surface area contributed by atoms with E-state index in [0.717, 1.165) is 29.8 Å². The standard InChI is InChI=1S/C13H17N5O/c1-8-11(5-6-12(19)17-10-3-4-10)9(2)18-13(16-8)14-7-15-18/h7,10H,3-6H2,1-2H3,(H,17,19). The molecular weight excluding hydrogens is 242 g/mol. The molecule has 1 aliphatic rings. The number of hydrogen-bond donors (Lipinski definition) is 1. The van der Waals surface area contributed by atoms with E-state index >= 15 is 0 Å². The van der Waals surface area contributed by atoms with Gasteiger partial charge in [0.15, 0.2) is 0 Å². The summed E-state index contributed by atoms with van der Waals surface area (Å²) in [5.74, 6) is 0.737. The molecule has 0 aliphatic heterocycles. The molecule has 1 amide bonds. The molecule has 2 aromatic heterocycles. The van der Waals surface area contributed by atoms with Crippen molar-refractivity contribution in [2.75, 3.05) is 0 Å². The average molecular weight is 259 g/mol. The first-order valence-corrected chi connectivity index (χ1v) is 6.60. The van der Waals surface area contributed by atoms with E-state index in [9.17, 15) is 4.79 Å². The highest BCUT2D eigenvalue weighted by molar-refractivity contribution is 5.76. The molecule has 1 aliphatic carbocycles. The lowest BCUT2D eigenvalue weighted by molar-refractivity contribution is -0.121. The van der Waals surface area contributed by atoms with Gasteiger partial charge in [-0.05, 0) is 38.7 Å². The van der Waals surface area contributed by atoms with Crippen LogP contribution in [-0.2, 0) is 11.2 Å². The van der Waals surface area contributed by atoms with Gasteiger partial charge in [-0.1, -0.05) is 0 Å². The number of carbonyl (C=O) groups is 1. The van der Waals surface area contributed by atoms with Gasteiger partial charge in [0, 0.05) is 23.9 Å². The third-order valence-electron chi connectivity index (χ3n) is 3.53. The summed E-state index contributed by atoms with van der Waals surface area (Å²) in [7, 11) is 0. The van der Waals surface area contributed by atoms with Crippen LogP contribution < -0.4 is 5.32 Å². The van der Waals surface area contributed by atoms with E-state index < -0.39 is 0 Å². The van der Waals surface area contributed by atoms with Crippen molar-refractivity contribution in [3.63, 3.8) is 0 Å². The summed E-state index contributed by atoms with van der Waals surface area (Å²) >= 11 is 0. The normalized spacial score (nSPS) is 14.8. The lowest BCUT2D eigenvalue weighted by atomic mass is 10.1. The second kappa shape index (κ2) is 4.60. The van der Waals surface area contributed by atoms with Crippen LogP contribution in [0.5, 0.6) is 0 Å². The van der Waals surface area contributed by atoms with Gasteiger partial charge in [-0.25, -0.2) is 9.50 Å². The molecule has 0 bridgehead atoms. The first-order chi connectivity index (χ1) is 9.15. The van der Waals surface area contributed by atoms with E-state index in [2.05, 4.69) is 20.4 Å². The van der Waals surface area contributed by atoms with Gasteiger partial charge in [-0.3, -0.25) is 4.79 Å². The number of fused-ring (bicyclic) bond motifs is 1. The Morgan fingerprint density at radius 1 is 1.47 bits per heavy atom. The van der Waals surface area contributed by atoms with Crippen molar-refractivity contribution in [1.29, 1.82) is 0 Å². The summed E-state index contributed by atoms with van der Waals surface area (Å²) in [5, 5.41) is 7.15. The number of carbonyl (C=O) groups excluding carboxylic acids is 1. The molecule has 2 heterocycles. The summed E-state index contributed by atoms with van der Waals surface area (Å²) < 4.78 is 1.72. The van der Waals surface area contributed by atoms with Crippen LogP contribution in [0.2, 0.25) is 0 Å². The summed E-state index contributed by atoms with van der Waals surface area (Å²) in [4.78, 5) is 20.2. The van der Waals surface area contributed by atoms with Crippen LogP contribution in [0.15, 0.2) is 6.33 Å². The number of amides is 1. The Balaban J connectivity index is 1.77. The fourth-order valence-corrected chi connectivity index (χ4v) is 2.28. The SMILES string of the molecule is Cc1nc2ncnn2c(C)c1CCC(=O)NC1CC1. The fourth-order valence-electron chi connectivity index (χ4n) is 2.28. The largest absolute Gasteiger partial charge is 0.353 e. The molecule has 6 heteroatoms. The molecule has 3 rings (SSSR count). The lowest BCUT2D eigenvalue weighted by Crippen LogP contribution is -2.25. The Kier molecular flexibility index (Phi) is 2.93. The molecule has 6 nitrogen and oxygen atoms in total. The summed E-state index contributed by atoms with van der Waals surface area (Å²) in [6.45, 7) is 3.94. The van der Waals surface area contributed by atoms with E-state index in [4.69, 9.17) is 0 Å². The minimum Gasteiger partial charge on any atom is -0.353 e. The molecule has 1 N–H and O–H groups in total.